The quantitative estimate of drug-likeness (QED) is 0.600. The lowest BCUT2D eigenvalue weighted by atomic mass is 9.82. The Hall–Kier alpha value is -0.520. The summed E-state index contributed by atoms with van der Waals surface area (Å²) in [7, 11) is 0. The van der Waals surface area contributed by atoms with Crippen molar-refractivity contribution in [3.63, 3.8) is 0 Å². The third kappa shape index (κ3) is 1.47. The molecule has 0 aromatic rings. The van der Waals surface area contributed by atoms with Crippen LogP contribution in [0.3, 0.4) is 0 Å². The predicted molar refractivity (Wildman–Crippen MR) is 57.4 cm³/mol. The first kappa shape index (κ1) is 9.05. The van der Waals surface area contributed by atoms with Crippen molar-refractivity contribution in [2.45, 2.75) is 33.1 Å². The molecule has 2 aliphatic rings. The molecule has 4 atom stereocenters. The van der Waals surface area contributed by atoms with Crippen molar-refractivity contribution in [3.05, 3.63) is 24.3 Å². The summed E-state index contributed by atoms with van der Waals surface area (Å²) in [6.07, 6.45) is 13.5. The number of hydrogen-bond acceptors (Lipinski definition) is 0. The summed E-state index contributed by atoms with van der Waals surface area (Å²) in [6, 6.07) is 0. The molecule has 13 heavy (non-hydrogen) atoms. The Bertz CT molecular complexity index is 224. The molecule has 2 rings (SSSR count). The minimum absolute atomic E-state index is 0.861. The van der Waals surface area contributed by atoms with Gasteiger partial charge in [-0.25, -0.2) is 0 Å². The van der Waals surface area contributed by atoms with Crippen LogP contribution in [0.4, 0.5) is 0 Å². The molecule has 0 aromatic carbocycles. The maximum absolute atomic E-state index is 2.44. The fourth-order valence-corrected chi connectivity index (χ4v) is 3.28. The van der Waals surface area contributed by atoms with E-state index in [1.165, 1.54) is 19.3 Å². The van der Waals surface area contributed by atoms with Gasteiger partial charge in [-0.15, -0.1) is 0 Å². The van der Waals surface area contributed by atoms with E-state index in [1.54, 1.807) is 0 Å². The highest BCUT2D eigenvalue weighted by atomic mass is 14.4. The molecule has 1 fully saturated rings. The average molecular weight is 176 g/mol. The summed E-state index contributed by atoms with van der Waals surface area (Å²) in [5, 5.41) is 0. The van der Waals surface area contributed by atoms with Gasteiger partial charge in [0, 0.05) is 0 Å². The van der Waals surface area contributed by atoms with Crippen LogP contribution in [-0.2, 0) is 0 Å². The molecule has 0 amide bonds. The van der Waals surface area contributed by atoms with E-state index in [2.05, 4.69) is 38.2 Å². The molecule has 4 unspecified atom stereocenters. The van der Waals surface area contributed by atoms with Gasteiger partial charge < -0.3 is 0 Å². The van der Waals surface area contributed by atoms with E-state index in [-0.39, 0.29) is 0 Å². The van der Waals surface area contributed by atoms with Crippen molar-refractivity contribution in [1.29, 1.82) is 0 Å². The van der Waals surface area contributed by atoms with Crippen LogP contribution in [-0.4, -0.2) is 0 Å². The minimum Gasteiger partial charge on any atom is -0.0808 e. The van der Waals surface area contributed by atoms with Crippen molar-refractivity contribution in [2.24, 2.45) is 23.7 Å². The largest absolute Gasteiger partial charge is 0.0808 e. The zero-order valence-corrected chi connectivity index (χ0v) is 8.74. The Labute approximate surface area is 81.7 Å². The van der Waals surface area contributed by atoms with Gasteiger partial charge in [-0.2, -0.15) is 0 Å². The number of allylic oxidation sites excluding steroid dienone is 4. The molecule has 0 spiro atoms. The van der Waals surface area contributed by atoms with Crippen LogP contribution in [0.5, 0.6) is 0 Å². The van der Waals surface area contributed by atoms with E-state index in [9.17, 15) is 0 Å². The molecule has 0 aromatic heterocycles. The van der Waals surface area contributed by atoms with E-state index >= 15 is 0 Å². The average Bonchev–Trinajstić information content (AvgIpc) is 2.55. The van der Waals surface area contributed by atoms with Crippen LogP contribution >= 0.6 is 0 Å². The van der Waals surface area contributed by atoms with E-state index in [4.69, 9.17) is 0 Å². The Morgan fingerprint density at radius 1 is 1.08 bits per heavy atom. The summed E-state index contributed by atoms with van der Waals surface area (Å²) >= 11 is 0. The first-order chi connectivity index (χ1) is 6.36. The molecule has 0 heteroatoms. The minimum atomic E-state index is 0.861. The van der Waals surface area contributed by atoms with Gasteiger partial charge in [-0.1, -0.05) is 51.0 Å². The third-order valence-corrected chi connectivity index (χ3v) is 3.97. The predicted octanol–water partition coefficient (Wildman–Crippen LogP) is 3.80. The summed E-state index contributed by atoms with van der Waals surface area (Å²) in [4.78, 5) is 0. The van der Waals surface area contributed by atoms with Gasteiger partial charge in [-0.05, 0) is 30.1 Å². The maximum atomic E-state index is 2.44. The second kappa shape index (κ2) is 3.69. The lowest BCUT2D eigenvalue weighted by Gasteiger charge is -2.22. The maximum Gasteiger partial charge on any atom is -0.0136 e. The molecule has 1 saturated carbocycles. The molecular formula is C13H20. The first-order valence-electron chi connectivity index (χ1n) is 5.71. The monoisotopic (exact) mass is 176 g/mol. The lowest BCUT2D eigenvalue weighted by Crippen LogP contribution is -2.15. The highest BCUT2D eigenvalue weighted by Crippen LogP contribution is 2.47. The molecule has 72 valence electrons. The van der Waals surface area contributed by atoms with Gasteiger partial charge in [-0.3, -0.25) is 0 Å². The summed E-state index contributed by atoms with van der Waals surface area (Å²) in [5.74, 6) is 3.66. The molecule has 0 N–H and O–H groups in total. The highest BCUT2D eigenvalue weighted by Gasteiger charge is 2.38. The van der Waals surface area contributed by atoms with Crippen molar-refractivity contribution < 1.29 is 0 Å². The summed E-state index contributed by atoms with van der Waals surface area (Å²) < 4.78 is 0. The van der Waals surface area contributed by atoms with Gasteiger partial charge >= 0.3 is 0 Å². The SMILES string of the molecule is CCC1CC2C=CC=CC2C1CC. The van der Waals surface area contributed by atoms with Crippen molar-refractivity contribution in [1.82, 2.24) is 0 Å². The second-order valence-electron chi connectivity index (χ2n) is 4.49. The molecule has 0 radical (unpaired) electrons. The van der Waals surface area contributed by atoms with E-state index in [0.29, 0.717) is 0 Å². The van der Waals surface area contributed by atoms with Gasteiger partial charge in [0.05, 0.1) is 0 Å². The Balaban J connectivity index is 2.15. The van der Waals surface area contributed by atoms with Crippen LogP contribution in [0.2, 0.25) is 0 Å². The van der Waals surface area contributed by atoms with Crippen LogP contribution < -0.4 is 0 Å². The van der Waals surface area contributed by atoms with Crippen LogP contribution in [0.1, 0.15) is 33.1 Å². The van der Waals surface area contributed by atoms with Gasteiger partial charge in [0.1, 0.15) is 0 Å². The van der Waals surface area contributed by atoms with Crippen LogP contribution in [0, 0.1) is 23.7 Å². The summed E-state index contributed by atoms with van der Waals surface area (Å²) in [6.45, 7) is 4.69. The Morgan fingerprint density at radius 2 is 1.85 bits per heavy atom. The molecular weight excluding hydrogens is 156 g/mol. The molecule has 0 heterocycles. The standard InChI is InChI=1S/C13H20/c1-3-10-9-11-7-5-6-8-13(11)12(10)4-2/h5-8,10-13H,3-4,9H2,1-2H3. The molecule has 0 aliphatic heterocycles. The van der Waals surface area contributed by atoms with Gasteiger partial charge in [0.2, 0.25) is 0 Å². The highest BCUT2D eigenvalue weighted by molar-refractivity contribution is 5.18. The molecule has 0 nitrogen and oxygen atoms in total. The zero-order chi connectivity index (χ0) is 9.26. The topological polar surface area (TPSA) is 0 Å². The van der Waals surface area contributed by atoms with E-state index < -0.39 is 0 Å². The van der Waals surface area contributed by atoms with E-state index in [0.717, 1.165) is 23.7 Å². The smallest absolute Gasteiger partial charge is 0.0136 e. The van der Waals surface area contributed by atoms with Crippen molar-refractivity contribution in [3.8, 4) is 0 Å². The lowest BCUT2D eigenvalue weighted by molar-refractivity contribution is 0.324. The second-order valence-corrected chi connectivity index (χ2v) is 4.49. The van der Waals surface area contributed by atoms with Gasteiger partial charge in [0.15, 0.2) is 0 Å². The van der Waals surface area contributed by atoms with Crippen molar-refractivity contribution in [2.75, 3.05) is 0 Å². The molecule has 0 saturated heterocycles. The first-order valence-corrected chi connectivity index (χ1v) is 5.71. The molecule has 2 aliphatic carbocycles. The van der Waals surface area contributed by atoms with Crippen LogP contribution in [0.25, 0.3) is 0 Å². The normalized spacial score (nSPS) is 42.3. The Kier molecular flexibility index (Phi) is 2.57. The van der Waals surface area contributed by atoms with Crippen molar-refractivity contribution >= 4 is 0 Å². The third-order valence-electron chi connectivity index (χ3n) is 3.97. The number of rotatable bonds is 2. The summed E-state index contributed by atoms with van der Waals surface area (Å²) in [5.41, 5.74) is 0. The fraction of sp³-hybridized carbons (Fsp3) is 0.692. The van der Waals surface area contributed by atoms with E-state index in [1.807, 2.05) is 0 Å². The zero-order valence-electron chi connectivity index (χ0n) is 8.74. The van der Waals surface area contributed by atoms with Crippen LogP contribution in [0.15, 0.2) is 24.3 Å². The fourth-order valence-electron chi connectivity index (χ4n) is 3.28. The van der Waals surface area contributed by atoms with Gasteiger partial charge in [0.25, 0.3) is 0 Å². The number of hydrogen-bond donors (Lipinski definition) is 0. The molecule has 0 bridgehead atoms. The number of fused-ring (bicyclic) bond motifs is 1. The Morgan fingerprint density at radius 3 is 2.54 bits per heavy atom.